The van der Waals surface area contributed by atoms with Crippen LogP contribution in [0.4, 0.5) is 0 Å². The lowest BCUT2D eigenvalue weighted by atomic mass is 9.84. The Morgan fingerprint density at radius 3 is 2.71 bits per heavy atom. The lowest BCUT2D eigenvalue weighted by molar-refractivity contribution is 0.0793. The highest BCUT2D eigenvalue weighted by Crippen LogP contribution is 2.41. The summed E-state index contributed by atoms with van der Waals surface area (Å²) in [7, 11) is 0. The Bertz CT molecular complexity index is 468. The van der Waals surface area contributed by atoms with Crippen LogP contribution >= 0.6 is 0 Å². The number of hydrogen-bond acceptors (Lipinski definition) is 2. The molecular weight excluding hydrogens is 210 g/mol. The average Bonchev–Trinajstić information content (AvgIpc) is 2.26. The number of ether oxygens (including phenoxy) is 1. The van der Waals surface area contributed by atoms with E-state index in [2.05, 4.69) is 32.0 Å². The zero-order valence-corrected chi connectivity index (χ0v) is 10.9. The van der Waals surface area contributed by atoms with Crippen LogP contribution in [0, 0.1) is 11.3 Å². The molecule has 0 N–H and O–H groups in total. The third-order valence-electron chi connectivity index (χ3n) is 3.31. The van der Waals surface area contributed by atoms with Crippen molar-refractivity contribution in [3.63, 3.8) is 0 Å². The molecule has 1 aliphatic rings. The average molecular weight is 229 g/mol. The molecule has 0 saturated carbocycles. The van der Waals surface area contributed by atoms with Gasteiger partial charge in [-0.3, -0.25) is 0 Å². The van der Waals surface area contributed by atoms with Crippen molar-refractivity contribution in [1.29, 1.82) is 5.26 Å². The predicted octanol–water partition coefficient (Wildman–Crippen LogP) is 3.98. The summed E-state index contributed by atoms with van der Waals surface area (Å²) in [5.74, 6) is 1.30. The van der Waals surface area contributed by atoms with Crippen molar-refractivity contribution in [2.75, 3.05) is 0 Å². The van der Waals surface area contributed by atoms with Crippen LogP contribution in [-0.4, -0.2) is 5.60 Å². The van der Waals surface area contributed by atoms with Crippen molar-refractivity contribution in [3.8, 4) is 11.8 Å². The van der Waals surface area contributed by atoms with Crippen molar-refractivity contribution in [1.82, 2.24) is 0 Å². The first kappa shape index (κ1) is 12.0. The fourth-order valence-corrected chi connectivity index (χ4v) is 2.35. The lowest BCUT2D eigenvalue weighted by Crippen LogP contribution is -2.34. The molecule has 0 bridgehead atoms. The molecule has 0 radical (unpaired) electrons. The van der Waals surface area contributed by atoms with Gasteiger partial charge >= 0.3 is 0 Å². The molecule has 2 rings (SSSR count). The Morgan fingerprint density at radius 2 is 2.12 bits per heavy atom. The summed E-state index contributed by atoms with van der Waals surface area (Å²) in [6, 6.07) is 8.64. The molecule has 0 saturated heterocycles. The second-order valence-electron chi connectivity index (χ2n) is 5.70. The summed E-state index contributed by atoms with van der Waals surface area (Å²) in [6.45, 7) is 8.40. The van der Waals surface area contributed by atoms with Crippen LogP contribution < -0.4 is 4.74 Å². The summed E-state index contributed by atoms with van der Waals surface area (Å²) in [6.07, 6.45) is 0.762. The Kier molecular flexibility index (Phi) is 2.87. The maximum atomic E-state index is 9.29. The molecule has 1 atom stereocenters. The van der Waals surface area contributed by atoms with Gasteiger partial charge in [0.15, 0.2) is 0 Å². The quantitative estimate of drug-likeness (QED) is 0.729. The topological polar surface area (TPSA) is 33.0 Å². The van der Waals surface area contributed by atoms with Crippen molar-refractivity contribution >= 4 is 0 Å². The fourth-order valence-electron chi connectivity index (χ4n) is 2.35. The molecule has 1 aromatic rings. The van der Waals surface area contributed by atoms with E-state index < -0.39 is 0 Å². The van der Waals surface area contributed by atoms with Gasteiger partial charge in [0.1, 0.15) is 11.4 Å². The van der Waals surface area contributed by atoms with E-state index >= 15 is 0 Å². The lowest BCUT2D eigenvalue weighted by Gasteiger charge is -2.35. The van der Waals surface area contributed by atoms with Gasteiger partial charge in [-0.25, -0.2) is 0 Å². The molecule has 0 aliphatic carbocycles. The standard InChI is InChI=1S/C15H19NO/c1-10(2)11-5-6-14-13(7-11)12(9-16)8-15(3,4)17-14/h5-7,10,12H,8H2,1-4H3. The van der Waals surface area contributed by atoms with Crippen molar-refractivity contribution in [2.45, 2.75) is 51.6 Å². The molecule has 1 aromatic carbocycles. The SMILES string of the molecule is CC(C)c1ccc2c(c1)C(C#N)CC(C)(C)O2. The van der Waals surface area contributed by atoms with Crippen molar-refractivity contribution in [2.24, 2.45) is 0 Å². The summed E-state index contributed by atoms with van der Waals surface area (Å²) in [5.41, 5.74) is 2.08. The van der Waals surface area contributed by atoms with Gasteiger partial charge in [-0.1, -0.05) is 26.0 Å². The molecule has 0 aromatic heterocycles. The van der Waals surface area contributed by atoms with E-state index in [4.69, 9.17) is 4.74 Å². The van der Waals surface area contributed by atoms with Crippen LogP contribution in [-0.2, 0) is 0 Å². The van der Waals surface area contributed by atoms with Gasteiger partial charge in [-0.15, -0.1) is 0 Å². The minimum Gasteiger partial charge on any atom is -0.487 e. The molecule has 1 heterocycles. The van der Waals surface area contributed by atoms with E-state index in [9.17, 15) is 5.26 Å². The van der Waals surface area contributed by atoms with Crippen LogP contribution in [0.1, 0.15) is 57.1 Å². The molecule has 1 aliphatic heterocycles. The zero-order valence-electron chi connectivity index (χ0n) is 10.9. The van der Waals surface area contributed by atoms with Crippen LogP contribution in [0.25, 0.3) is 0 Å². The predicted molar refractivity (Wildman–Crippen MR) is 68.2 cm³/mol. The molecular formula is C15H19NO. The first-order valence-corrected chi connectivity index (χ1v) is 6.15. The Morgan fingerprint density at radius 1 is 1.41 bits per heavy atom. The normalized spacial score (nSPS) is 21.5. The number of rotatable bonds is 1. The van der Waals surface area contributed by atoms with Crippen LogP contribution in [0.15, 0.2) is 18.2 Å². The third kappa shape index (κ3) is 2.29. The van der Waals surface area contributed by atoms with E-state index in [0.29, 0.717) is 5.92 Å². The van der Waals surface area contributed by atoms with Crippen molar-refractivity contribution in [3.05, 3.63) is 29.3 Å². The molecule has 0 spiro atoms. The van der Waals surface area contributed by atoms with E-state index in [1.54, 1.807) is 0 Å². The van der Waals surface area contributed by atoms with Crippen molar-refractivity contribution < 1.29 is 4.74 Å². The minimum absolute atomic E-state index is 0.0487. The monoisotopic (exact) mass is 229 g/mol. The fraction of sp³-hybridized carbons (Fsp3) is 0.533. The maximum Gasteiger partial charge on any atom is 0.124 e. The molecule has 2 heteroatoms. The second kappa shape index (κ2) is 4.07. The first-order valence-electron chi connectivity index (χ1n) is 6.15. The molecule has 90 valence electrons. The highest BCUT2D eigenvalue weighted by molar-refractivity contribution is 5.45. The molecule has 17 heavy (non-hydrogen) atoms. The van der Waals surface area contributed by atoms with E-state index in [1.165, 1.54) is 5.56 Å². The molecule has 2 nitrogen and oxygen atoms in total. The van der Waals surface area contributed by atoms with Gasteiger partial charge in [0, 0.05) is 12.0 Å². The Balaban J connectivity index is 2.47. The summed E-state index contributed by atoms with van der Waals surface area (Å²) in [5, 5.41) is 9.29. The van der Waals surface area contributed by atoms with Crippen LogP contribution in [0.3, 0.4) is 0 Å². The van der Waals surface area contributed by atoms with Gasteiger partial charge in [0.05, 0.1) is 12.0 Å². The molecule has 0 amide bonds. The summed E-state index contributed by atoms with van der Waals surface area (Å²) < 4.78 is 5.93. The van der Waals surface area contributed by atoms with Gasteiger partial charge < -0.3 is 4.74 Å². The van der Waals surface area contributed by atoms with Crippen LogP contribution in [0.5, 0.6) is 5.75 Å². The Hall–Kier alpha value is -1.49. The van der Waals surface area contributed by atoms with Gasteiger partial charge in [0.2, 0.25) is 0 Å². The maximum absolute atomic E-state index is 9.29. The highest BCUT2D eigenvalue weighted by atomic mass is 16.5. The van der Waals surface area contributed by atoms with Crippen LogP contribution in [0.2, 0.25) is 0 Å². The largest absolute Gasteiger partial charge is 0.487 e. The van der Waals surface area contributed by atoms with E-state index in [-0.39, 0.29) is 11.5 Å². The van der Waals surface area contributed by atoms with Gasteiger partial charge in [0.25, 0.3) is 0 Å². The Labute approximate surface area is 103 Å². The second-order valence-corrected chi connectivity index (χ2v) is 5.70. The summed E-state index contributed by atoms with van der Waals surface area (Å²) >= 11 is 0. The van der Waals surface area contributed by atoms with E-state index in [1.807, 2.05) is 19.9 Å². The van der Waals surface area contributed by atoms with Gasteiger partial charge in [-0.05, 0) is 31.4 Å². The van der Waals surface area contributed by atoms with E-state index in [0.717, 1.165) is 17.7 Å². The zero-order chi connectivity index (χ0) is 12.6. The smallest absolute Gasteiger partial charge is 0.124 e. The number of hydrogen-bond donors (Lipinski definition) is 0. The molecule has 1 unspecified atom stereocenters. The minimum atomic E-state index is -0.243. The number of fused-ring (bicyclic) bond motifs is 1. The first-order chi connectivity index (χ1) is 7.93. The highest BCUT2D eigenvalue weighted by Gasteiger charge is 2.33. The third-order valence-corrected chi connectivity index (χ3v) is 3.31. The number of benzene rings is 1. The number of nitrogens with zero attached hydrogens (tertiary/aromatic N) is 1. The van der Waals surface area contributed by atoms with Gasteiger partial charge in [-0.2, -0.15) is 5.26 Å². The molecule has 0 fully saturated rings. The summed E-state index contributed by atoms with van der Waals surface area (Å²) in [4.78, 5) is 0. The number of nitriles is 1.